The quantitative estimate of drug-likeness (QED) is 0.851. The van der Waals surface area contributed by atoms with Gasteiger partial charge in [0.1, 0.15) is 5.75 Å². The molecule has 25 heavy (non-hydrogen) atoms. The Kier molecular flexibility index (Phi) is 4.53. The molecule has 0 fully saturated rings. The Morgan fingerprint density at radius 3 is 2.16 bits per heavy atom. The monoisotopic (exact) mass is 338 g/mol. The fourth-order valence-electron chi connectivity index (χ4n) is 3.31. The number of ether oxygens (including phenoxy) is 2. The third-order valence-corrected chi connectivity index (χ3v) is 4.66. The molecular formula is C21H22O4. The molecule has 1 aliphatic rings. The molecule has 0 aliphatic heterocycles. The molecule has 130 valence electrons. The van der Waals surface area contributed by atoms with E-state index in [-0.39, 0.29) is 5.78 Å². The van der Waals surface area contributed by atoms with Crippen molar-refractivity contribution >= 4 is 11.9 Å². The van der Waals surface area contributed by atoms with Gasteiger partial charge in [0.05, 0.1) is 14.2 Å². The number of aromatic hydroxyl groups is 1. The average Bonchev–Trinajstić information content (AvgIpc) is 2.61. The normalized spacial score (nSPS) is 15.2. The van der Waals surface area contributed by atoms with Crippen LogP contribution in [0.25, 0.3) is 6.08 Å². The minimum absolute atomic E-state index is 0.0191. The van der Waals surface area contributed by atoms with Gasteiger partial charge in [-0.25, -0.2) is 0 Å². The minimum Gasteiger partial charge on any atom is -0.507 e. The van der Waals surface area contributed by atoms with Gasteiger partial charge in [-0.15, -0.1) is 0 Å². The fraction of sp³-hybridized carbons (Fsp3) is 0.286. The number of benzene rings is 2. The van der Waals surface area contributed by atoms with Crippen molar-refractivity contribution < 1.29 is 19.4 Å². The summed E-state index contributed by atoms with van der Waals surface area (Å²) in [7, 11) is 3.16. The van der Waals surface area contributed by atoms with Crippen molar-refractivity contribution in [3.63, 3.8) is 0 Å². The van der Waals surface area contributed by atoms with Crippen molar-refractivity contribution in [3.05, 3.63) is 57.7 Å². The molecule has 0 saturated carbocycles. The zero-order valence-electron chi connectivity index (χ0n) is 15.0. The SMILES string of the molecule is COc1cc2c(cc1OC)C(=O)/C(=C/c1cc(C)c(O)c(C)c1)CC2. The summed E-state index contributed by atoms with van der Waals surface area (Å²) in [6, 6.07) is 7.44. The van der Waals surface area contributed by atoms with Gasteiger partial charge in [0.2, 0.25) is 0 Å². The molecule has 2 aromatic carbocycles. The lowest BCUT2D eigenvalue weighted by atomic mass is 9.85. The molecule has 0 amide bonds. The van der Waals surface area contributed by atoms with E-state index in [0.717, 1.165) is 34.2 Å². The molecule has 1 aliphatic carbocycles. The van der Waals surface area contributed by atoms with Crippen LogP contribution in [0, 0.1) is 13.8 Å². The van der Waals surface area contributed by atoms with E-state index in [2.05, 4.69) is 0 Å². The van der Waals surface area contributed by atoms with E-state index in [0.29, 0.717) is 29.2 Å². The van der Waals surface area contributed by atoms with E-state index < -0.39 is 0 Å². The third kappa shape index (κ3) is 3.12. The highest BCUT2D eigenvalue weighted by Crippen LogP contribution is 2.36. The van der Waals surface area contributed by atoms with Gasteiger partial charge in [0.25, 0.3) is 0 Å². The second-order valence-corrected chi connectivity index (χ2v) is 6.37. The second kappa shape index (κ2) is 6.63. The van der Waals surface area contributed by atoms with Crippen LogP contribution in [0.4, 0.5) is 0 Å². The first-order valence-electron chi connectivity index (χ1n) is 8.25. The van der Waals surface area contributed by atoms with Crippen LogP contribution in [-0.2, 0) is 6.42 Å². The molecule has 4 nitrogen and oxygen atoms in total. The molecule has 0 bridgehead atoms. The molecule has 0 radical (unpaired) electrons. The van der Waals surface area contributed by atoms with Gasteiger partial charge in [0, 0.05) is 11.1 Å². The number of carbonyl (C=O) groups is 1. The smallest absolute Gasteiger partial charge is 0.189 e. The maximum Gasteiger partial charge on any atom is 0.189 e. The van der Waals surface area contributed by atoms with E-state index in [4.69, 9.17) is 9.47 Å². The third-order valence-electron chi connectivity index (χ3n) is 4.66. The largest absolute Gasteiger partial charge is 0.507 e. The highest BCUT2D eigenvalue weighted by Gasteiger charge is 2.24. The van der Waals surface area contributed by atoms with Gasteiger partial charge in [-0.3, -0.25) is 4.79 Å². The number of Topliss-reactive ketones (excluding diaryl/α,β-unsaturated/α-hetero) is 1. The van der Waals surface area contributed by atoms with Crippen molar-refractivity contribution in [1.82, 2.24) is 0 Å². The van der Waals surface area contributed by atoms with Gasteiger partial charge in [-0.05, 0) is 79.3 Å². The summed E-state index contributed by atoms with van der Waals surface area (Å²) >= 11 is 0. The predicted molar refractivity (Wildman–Crippen MR) is 97.8 cm³/mol. The summed E-state index contributed by atoms with van der Waals surface area (Å²) in [5, 5.41) is 9.91. The van der Waals surface area contributed by atoms with Crippen LogP contribution in [-0.4, -0.2) is 25.1 Å². The lowest BCUT2D eigenvalue weighted by molar-refractivity contribution is 0.102. The summed E-state index contributed by atoms with van der Waals surface area (Å²) in [6.45, 7) is 3.72. The zero-order valence-corrected chi connectivity index (χ0v) is 15.0. The Balaban J connectivity index is 2.01. The predicted octanol–water partition coefficient (Wildman–Crippen LogP) is 4.24. The number of hydrogen-bond donors (Lipinski definition) is 1. The number of hydrogen-bond acceptors (Lipinski definition) is 4. The number of phenols is 1. The molecule has 0 atom stereocenters. The lowest BCUT2D eigenvalue weighted by Gasteiger charge is -2.20. The van der Waals surface area contributed by atoms with Crippen LogP contribution in [0.3, 0.4) is 0 Å². The number of ketones is 1. The Labute approximate surface area is 147 Å². The van der Waals surface area contributed by atoms with Gasteiger partial charge < -0.3 is 14.6 Å². The first kappa shape index (κ1) is 17.1. The Morgan fingerprint density at radius 2 is 1.56 bits per heavy atom. The average molecular weight is 338 g/mol. The topological polar surface area (TPSA) is 55.8 Å². The molecule has 0 aromatic heterocycles. The number of methoxy groups -OCH3 is 2. The van der Waals surface area contributed by atoms with Gasteiger partial charge >= 0.3 is 0 Å². The van der Waals surface area contributed by atoms with Gasteiger partial charge in [-0.1, -0.05) is 0 Å². The molecular weight excluding hydrogens is 316 g/mol. The summed E-state index contributed by atoms with van der Waals surface area (Å²) < 4.78 is 10.6. The van der Waals surface area contributed by atoms with Crippen molar-refractivity contribution in [1.29, 1.82) is 0 Å². The summed E-state index contributed by atoms with van der Waals surface area (Å²) in [5.41, 5.74) is 4.97. The maximum atomic E-state index is 12.9. The van der Waals surface area contributed by atoms with Crippen LogP contribution in [0.2, 0.25) is 0 Å². The van der Waals surface area contributed by atoms with Crippen molar-refractivity contribution in [2.45, 2.75) is 26.7 Å². The Bertz CT molecular complexity index is 855. The number of fused-ring (bicyclic) bond motifs is 1. The Morgan fingerprint density at radius 1 is 0.960 bits per heavy atom. The maximum absolute atomic E-state index is 12.9. The summed E-state index contributed by atoms with van der Waals surface area (Å²) in [4.78, 5) is 12.9. The molecule has 4 heteroatoms. The summed E-state index contributed by atoms with van der Waals surface area (Å²) in [5.74, 6) is 1.53. The molecule has 0 saturated heterocycles. The van der Waals surface area contributed by atoms with Crippen LogP contribution < -0.4 is 9.47 Å². The van der Waals surface area contributed by atoms with Crippen molar-refractivity contribution in [3.8, 4) is 17.2 Å². The van der Waals surface area contributed by atoms with Gasteiger partial charge in [0.15, 0.2) is 17.3 Å². The second-order valence-electron chi connectivity index (χ2n) is 6.37. The lowest BCUT2D eigenvalue weighted by Crippen LogP contribution is -2.14. The van der Waals surface area contributed by atoms with Crippen LogP contribution in [0.15, 0.2) is 29.8 Å². The standard InChI is InChI=1S/C21H22O4/c1-12-7-14(8-13(2)20(12)22)9-16-6-5-15-10-18(24-3)19(25-4)11-17(15)21(16)23/h7-11,22H,5-6H2,1-4H3/b16-9+. The highest BCUT2D eigenvalue weighted by atomic mass is 16.5. The van der Waals surface area contributed by atoms with E-state index in [9.17, 15) is 9.90 Å². The highest BCUT2D eigenvalue weighted by molar-refractivity contribution is 6.13. The van der Waals surface area contributed by atoms with Crippen LogP contribution in [0.5, 0.6) is 17.2 Å². The molecule has 0 unspecified atom stereocenters. The van der Waals surface area contributed by atoms with Crippen LogP contribution in [0.1, 0.15) is 39.0 Å². The first-order valence-corrected chi connectivity index (χ1v) is 8.25. The molecule has 0 heterocycles. The first-order chi connectivity index (χ1) is 11.9. The van der Waals surface area contributed by atoms with Crippen molar-refractivity contribution in [2.24, 2.45) is 0 Å². The number of aryl methyl sites for hydroxylation is 3. The molecule has 0 spiro atoms. The minimum atomic E-state index is 0.0191. The Hall–Kier alpha value is -2.75. The van der Waals surface area contributed by atoms with E-state index in [1.54, 1.807) is 20.3 Å². The van der Waals surface area contributed by atoms with Crippen LogP contribution >= 0.6 is 0 Å². The number of phenolic OH excluding ortho intramolecular Hbond substituents is 1. The molecule has 1 N–H and O–H groups in total. The van der Waals surface area contributed by atoms with E-state index >= 15 is 0 Å². The van der Waals surface area contributed by atoms with Gasteiger partial charge in [-0.2, -0.15) is 0 Å². The zero-order chi connectivity index (χ0) is 18.1. The van der Waals surface area contributed by atoms with Crippen molar-refractivity contribution in [2.75, 3.05) is 14.2 Å². The summed E-state index contributed by atoms with van der Waals surface area (Å²) in [6.07, 6.45) is 3.38. The fourth-order valence-corrected chi connectivity index (χ4v) is 3.31. The van der Waals surface area contributed by atoms with E-state index in [1.165, 1.54) is 0 Å². The molecule has 3 rings (SSSR count). The molecule has 2 aromatic rings. The number of carbonyl (C=O) groups excluding carboxylic acids is 1. The number of rotatable bonds is 3. The van der Waals surface area contributed by atoms with E-state index in [1.807, 2.05) is 38.1 Å². The number of allylic oxidation sites excluding steroid dienone is 1.